The van der Waals surface area contributed by atoms with Crippen molar-refractivity contribution in [2.45, 2.75) is 39.2 Å². The predicted octanol–water partition coefficient (Wildman–Crippen LogP) is 3.97. The molecule has 4 nitrogen and oxygen atoms in total. The van der Waals surface area contributed by atoms with Crippen molar-refractivity contribution < 1.29 is 9.31 Å². The molecule has 5 heteroatoms. The van der Waals surface area contributed by atoms with Crippen LogP contribution >= 0.6 is 0 Å². The van der Waals surface area contributed by atoms with Gasteiger partial charge in [0.25, 0.3) is 5.69 Å². The molecule has 1 fully saturated rings. The Bertz CT molecular complexity index is 479. The zero-order valence-corrected chi connectivity index (χ0v) is 11.2. The van der Waals surface area contributed by atoms with E-state index in [9.17, 15) is 14.5 Å². The monoisotopic (exact) mass is 266 g/mol. The number of hydrogen-bond acceptors (Lipinski definition) is 3. The van der Waals surface area contributed by atoms with E-state index < -0.39 is 10.7 Å². The number of rotatable bonds is 3. The number of nitrogens with one attached hydrogen (secondary N) is 1. The van der Waals surface area contributed by atoms with Crippen LogP contribution in [0.5, 0.6) is 0 Å². The lowest BCUT2D eigenvalue weighted by Crippen LogP contribution is -2.33. The summed E-state index contributed by atoms with van der Waals surface area (Å²) in [6.07, 6.45) is 3.37. The summed E-state index contributed by atoms with van der Waals surface area (Å²) >= 11 is 0. The number of nitro benzene ring substituents is 1. The van der Waals surface area contributed by atoms with Crippen molar-refractivity contribution in [2.75, 3.05) is 5.32 Å². The first-order valence-electron chi connectivity index (χ1n) is 6.67. The Morgan fingerprint density at radius 2 is 2.05 bits per heavy atom. The van der Waals surface area contributed by atoms with Gasteiger partial charge in [-0.25, -0.2) is 4.39 Å². The van der Waals surface area contributed by atoms with Gasteiger partial charge in [-0.1, -0.05) is 20.3 Å². The Morgan fingerprint density at radius 1 is 1.32 bits per heavy atom. The van der Waals surface area contributed by atoms with Gasteiger partial charge in [0.2, 0.25) is 0 Å². The Balaban J connectivity index is 2.16. The number of nitro groups is 1. The lowest BCUT2D eigenvalue weighted by molar-refractivity contribution is -0.385. The fourth-order valence-corrected chi connectivity index (χ4v) is 2.71. The predicted molar refractivity (Wildman–Crippen MR) is 72.6 cm³/mol. The van der Waals surface area contributed by atoms with E-state index in [0.717, 1.165) is 18.9 Å². The first-order chi connectivity index (χ1) is 8.95. The molecular weight excluding hydrogens is 247 g/mol. The molecule has 104 valence electrons. The van der Waals surface area contributed by atoms with Crippen LogP contribution in [-0.2, 0) is 0 Å². The van der Waals surface area contributed by atoms with Crippen molar-refractivity contribution in [3.05, 3.63) is 34.1 Å². The molecule has 2 rings (SSSR count). The molecule has 1 saturated carbocycles. The number of hydrogen-bond donors (Lipinski definition) is 1. The summed E-state index contributed by atoms with van der Waals surface area (Å²) in [6.45, 7) is 4.37. The molecule has 1 N–H and O–H groups in total. The van der Waals surface area contributed by atoms with Crippen LogP contribution in [0, 0.1) is 27.8 Å². The summed E-state index contributed by atoms with van der Waals surface area (Å²) in [5.41, 5.74) is 0.289. The maximum absolute atomic E-state index is 13.4. The van der Waals surface area contributed by atoms with Crippen LogP contribution in [0.15, 0.2) is 18.2 Å². The van der Waals surface area contributed by atoms with E-state index in [1.54, 1.807) is 0 Å². The van der Waals surface area contributed by atoms with Crippen molar-refractivity contribution in [2.24, 2.45) is 11.8 Å². The second-order valence-corrected chi connectivity index (χ2v) is 5.60. The molecule has 0 amide bonds. The second-order valence-electron chi connectivity index (χ2n) is 5.60. The Hall–Kier alpha value is -1.65. The van der Waals surface area contributed by atoms with Gasteiger partial charge in [-0.2, -0.15) is 0 Å². The highest BCUT2D eigenvalue weighted by atomic mass is 19.1. The van der Waals surface area contributed by atoms with Crippen molar-refractivity contribution in [1.29, 1.82) is 0 Å². The minimum atomic E-state index is -0.576. The standard InChI is InChI=1S/C14H19FN2O2/c1-9-3-4-10(2)14(5-9)16-12-6-11(15)7-13(8-12)17(18)19/h6-10,14,16H,3-5H2,1-2H3. The summed E-state index contributed by atoms with van der Waals surface area (Å²) in [6, 6.07) is 3.91. The minimum Gasteiger partial charge on any atom is -0.382 e. The molecule has 0 bridgehead atoms. The van der Waals surface area contributed by atoms with Crippen LogP contribution in [0.25, 0.3) is 0 Å². The lowest BCUT2D eigenvalue weighted by atomic mass is 9.80. The first kappa shape index (κ1) is 13.8. The molecule has 3 unspecified atom stereocenters. The summed E-state index contributed by atoms with van der Waals surface area (Å²) in [5, 5.41) is 14.0. The molecule has 0 aromatic heterocycles. The van der Waals surface area contributed by atoms with Gasteiger partial charge >= 0.3 is 0 Å². The van der Waals surface area contributed by atoms with E-state index in [-0.39, 0.29) is 11.7 Å². The summed E-state index contributed by atoms with van der Waals surface area (Å²) in [4.78, 5) is 10.2. The molecule has 0 aliphatic heterocycles. The third kappa shape index (κ3) is 3.43. The van der Waals surface area contributed by atoms with Crippen LogP contribution in [0.2, 0.25) is 0 Å². The lowest BCUT2D eigenvalue weighted by Gasteiger charge is -2.34. The zero-order valence-electron chi connectivity index (χ0n) is 11.2. The van der Waals surface area contributed by atoms with Gasteiger partial charge in [0.05, 0.1) is 11.0 Å². The van der Waals surface area contributed by atoms with E-state index in [1.165, 1.54) is 18.6 Å². The highest BCUT2D eigenvalue weighted by Gasteiger charge is 2.25. The largest absolute Gasteiger partial charge is 0.382 e. The first-order valence-corrected chi connectivity index (χ1v) is 6.67. The maximum Gasteiger partial charge on any atom is 0.274 e. The Morgan fingerprint density at radius 3 is 2.74 bits per heavy atom. The average molecular weight is 266 g/mol. The van der Waals surface area contributed by atoms with Gasteiger partial charge in [0.15, 0.2) is 0 Å². The third-order valence-corrected chi connectivity index (χ3v) is 3.90. The molecule has 0 saturated heterocycles. The van der Waals surface area contributed by atoms with E-state index in [1.807, 2.05) is 0 Å². The summed E-state index contributed by atoms with van der Waals surface area (Å²) in [7, 11) is 0. The van der Waals surface area contributed by atoms with E-state index in [0.29, 0.717) is 17.5 Å². The maximum atomic E-state index is 13.4. The van der Waals surface area contributed by atoms with Gasteiger partial charge in [0.1, 0.15) is 5.82 Å². The zero-order chi connectivity index (χ0) is 14.0. The number of non-ortho nitro benzene ring substituents is 1. The fraction of sp³-hybridized carbons (Fsp3) is 0.571. The molecule has 1 aromatic carbocycles. The number of nitrogens with zero attached hydrogens (tertiary/aromatic N) is 1. The number of halogens is 1. The van der Waals surface area contributed by atoms with Crippen molar-refractivity contribution >= 4 is 11.4 Å². The van der Waals surface area contributed by atoms with Crippen LogP contribution in [0.4, 0.5) is 15.8 Å². The van der Waals surface area contributed by atoms with Crippen molar-refractivity contribution in [1.82, 2.24) is 0 Å². The SMILES string of the molecule is CC1CCC(C)C(Nc2cc(F)cc([N+](=O)[O-])c2)C1. The molecule has 1 aromatic rings. The van der Waals surface area contributed by atoms with Gasteiger partial charge in [-0.15, -0.1) is 0 Å². The van der Waals surface area contributed by atoms with Crippen LogP contribution in [-0.4, -0.2) is 11.0 Å². The summed E-state index contributed by atoms with van der Waals surface area (Å²) < 4.78 is 13.4. The van der Waals surface area contributed by atoms with E-state index >= 15 is 0 Å². The Labute approximate surface area is 112 Å². The quantitative estimate of drug-likeness (QED) is 0.665. The topological polar surface area (TPSA) is 55.2 Å². The molecule has 1 aliphatic rings. The van der Waals surface area contributed by atoms with Gasteiger partial charge in [-0.05, 0) is 30.7 Å². The molecule has 0 spiro atoms. The van der Waals surface area contributed by atoms with Crippen LogP contribution in [0.1, 0.15) is 33.1 Å². The highest BCUT2D eigenvalue weighted by Crippen LogP contribution is 2.31. The molecule has 0 heterocycles. The molecular formula is C14H19FN2O2. The molecule has 19 heavy (non-hydrogen) atoms. The van der Waals surface area contributed by atoms with E-state index in [4.69, 9.17) is 0 Å². The fourth-order valence-electron chi connectivity index (χ4n) is 2.71. The normalized spacial score (nSPS) is 27.0. The van der Waals surface area contributed by atoms with Crippen molar-refractivity contribution in [3.63, 3.8) is 0 Å². The highest BCUT2D eigenvalue weighted by molar-refractivity contribution is 5.52. The number of benzene rings is 1. The van der Waals surface area contributed by atoms with Crippen molar-refractivity contribution in [3.8, 4) is 0 Å². The smallest absolute Gasteiger partial charge is 0.274 e. The third-order valence-electron chi connectivity index (χ3n) is 3.90. The van der Waals surface area contributed by atoms with Gasteiger partial charge < -0.3 is 5.32 Å². The Kier molecular flexibility index (Phi) is 4.02. The van der Waals surface area contributed by atoms with Gasteiger partial charge in [-0.3, -0.25) is 10.1 Å². The average Bonchev–Trinajstić information content (AvgIpc) is 2.33. The van der Waals surface area contributed by atoms with Gasteiger partial charge in [0, 0.05) is 17.8 Å². The summed E-state index contributed by atoms with van der Waals surface area (Å²) in [5.74, 6) is 0.559. The van der Waals surface area contributed by atoms with E-state index in [2.05, 4.69) is 19.2 Å². The number of anilines is 1. The minimum absolute atomic E-state index is 0.209. The molecule has 0 radical (unpaired) electrons. The van der Waals surface area contributed by atoms with Crippen LogP contribution in [0.3, 0.4) is 0 Å². The van der Waals surface area contributed by atoms with Crippen LogP contribution < -0.4 is 5.32 Å². The molecule has 3 atom stereocenters. The molecule has 1 aliphatic carbocycles. The second kappa shape index (κ2) is 5.55.